The summed E-state index contributed by atoms with van der Waals surface area (Å²) in [6.45, 7) is 2.54. The van der Waals surface area contributed by atoms with Gasteiger partial charge in [-0.2, -0.15) is 0 Å². The molecule has 3 aromatic rings. The van der Waals surface area contributed by atoms with Gasteiger partial charge in [0.25, 0.3) is 0 Å². The summed E-state index contributed by atoms with van der Waals surface area (Å²) in [6.07, 6.45) is 11.6. The maximum atomic E-state index is 12.1. The summed E-state index contributed by atoms with van der Waals surface area (Å²) in [5.74, 6) is 1.55. The lowest BCUT2D eigenvalue weighted by Gasteiger charge is -2.17. The Bertz CT molecular complexity index is 1030. The smallest absolute Gasteiger partial charge is 0.223 e. The molecule has 7 nitrogen and oxygen atoms in total. The minimum absolute atomic E-state index is 0.0469. The zero-order chi connectivity index (χ0) is 23.5. The zero-order valence-electron chi connectivity index (χ0n) is 19.5. The highest BCUT2D eigenvalue weighted by Crippen LogP contribution is 2.27. The highest BCUT2D eigenvalue weighted by molar-refractivity contribution is 7.11. The number of aromatic nitrogens is 2. The summed E-state index contributed by atoms with van der Waals surface area (Å²) in [5.41, 5.74) is 2.29. The molecule has 2 heterocycles. The highest BCUT2D eigenvalue weighted by atomic mass is 32.1. The summed E-state index contributed by atoms with van der Waals surface area (Å²) < 4.78 is 12.6. The first kappa shape index (κ1) is 24.5. The maximum Gasteiger partial charge on any atom is 0.223 e. The molecular formula is C25H32N4O3S. The minimum atomic E-state index is 0.0469. The van der Waals surface area contributed by atoms with E-state index >= 15 is 0 Å². The van der Waals surface area contributed by atoms with Crippen molar-refractivity contribution in [2.75, 3.05) is 40.9 Å². The fraction of sp³-hybridized carbons (Fsp3) is 0.360. The molecule has 0 saturated heterocycles. The lowest BCUT2D eigenvalue weighted by atomic mass is 10.1. The maximum absolute atomic E-state index is 12.1. The minimum Gasteiger partial charge on any atom is -0.493 e. The van der Waals surface area contributed by atoms with Gasteiger partial charge >= 0.3 is 0 Å². The predicted molar refractivity (Wildman–Crippen MR) is 133 cm³/mol. The molecule has 0 aliphatic rings. The average Bonchev–Trinajstić information content (AvgIpc) is 3.52. The molecule has 1 N–H and O–H groups in total. The fourth-order valence-electron chi connectivity index (χ4n) is 3.38. The molecule has 33 heavy (non-hydrogen) atoms. The van der Waals surface area contributed by atoms with Crippen molar-refractivity contribution in [1.82, 2.24) is 19.8 Å². The SMILES string of the molecule is COc1ccc(CCN(C)CCCNC(=O)C/C=C/c2cc(-n3ccnc3)cs2)cc1OC. The second-order valence-corrected chi connectivity index (χ2v) is 8.67. The molecule has 0 spiro atoms. The lowest BCUT2D eigenvalue weighted by Crippen LogP contribution is -2.28. The van der Waals surface area contributed by atoms with E-state index < -0.39 is 0 Å². The summed E-state index contributed by atoms with van der Waals surface area (Å²) in [4.78, 5) is 19.5. The molecule has 0 aliphatic heterocycles. The number of rotatable bonds is 13. The standard InChI is InChI=1S/C25H32N4O3S/c1-28(14-10-20-8-9-23(31-2)24(16-20)32-3)13-5-11-27-25(30)7-4-6-22-17-21(18-33-22)29-15-12-26-19-29/h4,6,8-9,12,15-19H,5,7,10-11,13-14H2,1-3H3,(H,27,30)/b6-4+. The number of hydrogen-bond donors (Lipinski definition) is 1. The molecule has 2 aromatic heterocycles. The van der Waals surface area contributed by atoms with Crippen LogP contribution in [0.25, 0.3) is 11.8 Å². The fourth-order valence-corrected chi connectivity index (χ4v) is 4.19. The topological polar surface area (TPSA) is 68.6 Å². The van der Waals surface area contributed by atoms with Crippen LogP contribution < -0.4 is 14.8 Å². The number of nitrogens with one attached hydrogen (secondary N) is 1. The third kappa shape index (κ3) is 7.76. The molecule has 8 heteroatoms. The van der Waals surface area contributed by atoms with Gasteiger partial charge in [0.1, 0.15) is 0 Å². The van der Waals surface area contributed by atoms with Crippen molar-refractivity contribution in [3.8, 4) is 17.2 Å². The van der Waals surface area contributed by atoms with Crippen LogP contribution in [0.3, 0.4) is 0 Å². The van der Waals surface area contributed by atoms with E-state index in [4.69, 9.17) is 9.47 Å². The van der Waals surface area contributed by atoms with Crippen LogP contribution in [0.4, 0.5) is 0 Å². The average molecular weight is 469 g/mol. The number of amides is 1. The van der Waals surface area contributed by atoms with Gasteiger partial charge in [0.15, 0.2) is 11.5 Å². The van der Waals surface area contributed by atoms with Crippen LogP contribution in [-0.4, -0.2) is 61.3 Å². The second kappa shape index (κ2) is 12.8. The van der Waals surface area contributed by atoms with Crippen LogP contribution in [0.5, 0.6) is 11.5 Å². The van der Waals surface area contributed by atoms with Gasteiger partial charge in [-0.15, -0.1) is 11.3 Å². The molecular weight excluding hydrogens is 436 g/mol. The summed E-state index contributed by atoms with van der Waals surface area (Å²) in [6, 6.07) is 8.11. The van der Waals surface area contributed by atoms with Crippen LogP contribution in [-0.2, 0) is 11.2 Å². The summed E-state index contributed by atoms with van der Waals surface area (Å²) in [5, 5.41) is 5.07. The Kier molecular flexibility index (Phi) is 9.53. The van der Waals surface area contributed by atoms with E-state index in [1.54, 1.807) is 38.1 Å². The van der Waals surface area contributed by atoms with Crippen molar-refractivity contribution in [3.63, 3.8) is 0 Å². The molecule has 0 bridgehead atoms. The Hall–Kier alpha value is -3.10. The number of carbonyl (C=O) groups is 1. The van der Waals surface area contributed by atoms with E-state index in [1.165, 1.54) is 5.56 Å². The first-order valence-corrected chi connectivity index (χ1v) is 11.9. The second-order valence-electron chi connectivity index (χ2n) is 7.73. The van der Waals surface area contributed by atoms with Crippen LogP contribution in [0.1, 0.15) is 23.3 Å². The van der Waals surface area contributed by atoms with E-state index in [1.807, 2.05) is 35.0 Å². The van der Waals surface area contributed by atoms with Crippen molar-refractivity contribution in [3.05, 3.63) is 64.9 Å². The van der Waals surface area contributed by atoms with Crippen LogP contribution in [0.15, 0.2) is 54.4 Å². The summed E-state index contributed by atoms with van der Waals surface area (Å²) in [7, 11) is 5.40. The Morgan fingerprint density at radius 1 is 1.21 bits per heavy atom. The van der Waals surface area contributed by atoms with Gasteiger partial charge in [-0.05, 0) is 56.3 Å². The monoisotopic (exact) mass is 468 g/mol. The first-order chi connectivity index (χ1) is 16.1. The Balaban J connectivity index is 1.29. The Morgan fingerprint density at radius 2 is 2.06 bits per heavy atom. The number of carbonyl (C=O) groups excluding carboxylic acids is 1. The van der Waals surface area contributed by atoms with Crippen LogP contribution in [0.2, 0.25) is 0 Å². The number of ether oxygens (including phenoxy) is 2. The van der Waals surface area contributed by atoms with Crippen molar-refractivity contribution >= 4 is 23.3 Å². The van der Waals surface area contributed by atoms with Gasteiger partial charge in [0.2, 0.25) is 5.91 Å². The van der Waals surface area contributed by atoms with Gasteiger partial charge in [-0.25, -0.2) is 4.98 Å². The van der Waals surface area contributed by atoms with Gasteiger partial charge in [-0.1, -0.05) is 12.1 Å². The van der Waals surface area contributed by atoms with Gasteiger partial charge in [0, 0.05) is 42.2 Å². The van der Waals surface area contributed by atoms with Crippen LogP contribution >= 0.6 is 11.3 Å². The number of thiophene rings is 1. The number of benzene rings is 1. The van der Waals surface area contributed by atoms with E-state index in [9.17, 15) is 4.79 Å². The van der Waals surface area contributed by atoms with E-state index in [0.29, 0.717) is 13.0 Å². The highest BCUT2D eigenvalue weighted by Gasteiger charge is 2.06. The molecule has 1 aromatic carbocycles. The normalized spacial score (nSPS) is 11.3. The lowest BCUT2D eigenvalue weighted by molar-refractivity contribution is -0.120. The predicted octanol–water partition coefficient (Wildman–Crippen LogP) is 4.04. The third-order valence-corrected chi connectivity index (χ3v) is 6.15. The molecule has 0 aliphatic carbocycles. The van der Waals surface area contributed by atoms with E-state index in [-0.39, 0.29) is 5.91 Å². The Labute approximate surface area is 199 Å². The number of nitrogens with zero attached hydrogens (tertiary/aromatic N) is 3. The van der Waals surface area contributed by atoms with Gasteiger partial charge in [0.05, 0.1) is 26.2 Å². The molecule has 0 saturated carbocycles. The van der Waals surface area contributed by atoms with Gasteiger partial charge < -0.3 is 24.3 Å². The molecule has 0 radical (unpaired) electrons. The number of likely N-dealkylation sites (N-methyl/N-ethyl adjacent to an activating group) is 1. The molecule has 1 amide bonds. The van der Waals surface area contributed by atoms with E-state index in [0.717, 1.165) is 48.0 Å². The molecule has 176 valence electrons. The number of hydrogen-bond acceptors (Lipinski definition) is 6. The largest absolute Gasteiger partial charge is 0.493 e. The Morgan fingerprint density at radius 3 is 2.82 bits per heavy atom. The van der Waals surface area contributed by atoms with Crippen molar-refractivity contribution in [2.24, 2.45) is 0 Å². The van der Waals surface area contributed by atoms with Gasteiger partial charge in [-0.3, -0.25) is 4.79 Å². The zero-order valence-corrected chi connectivity index (χ0v) is 20.3. The first-order valence-electron chi connectivity index (χ1n) is 11.0. The van der Waals surface area contributed by atoms with Crippen LogP contribution in [0, 0.1) is 0 Å². The number of imidazole rings is 1. The molecule has 0 unspecified atom stereocenters. The van der Waals surface area contributed by atoms with Crippen molar-refractivity contribution in [2.45, 2.75) is 19.3 Å². The molecule has 0 atom stereocenters. The van der Waals surface area contributed by atoms with Crippen molar-refractivity contribution < 1.29 is 14.3 Å². The van der Waals surface area contributed by atoms with Crippen molar-refractivity contribution in [1.29, 1.82) is 0 Å². The summed E-state index contributed by atoms with van der Waals surface area (Å²) >= 11 is 1.64. The van der Waals surface area contributed by atoms with E-state index in [2.05, 4.69) is 39.8 Å². The number of methoxy groups -OCH3 is 2. The quantitative estimate of drug-likeness (QED) is 0.384. The third-order valence-electron chi connectivity index (χ3n) is 5.26. The molecule has 3 rings (SSSR count). The molecule has 0 fully saturated rings.